The van der Waals surface area contributed by atoms with E-state index in [2.05, 4.69) is 16.6 Å². The molecule has 0 spiro atoms. The summed E-state index contributed by atoms with van der Waals surface area (Å²) in [5.41, 5.74) is 0. The highest BCUT2D eigenvalue weighted by Crippen LogP contribution is 1.89. The zero-order valence-corrected chi connectivity index (χ0v) is 7.58. The minimum absolute atomic E-state index is 0.963. The quantitative estimate of drug-likeness (QED) is 0.463. The Morgan fingerprint density at radius 2 is 2.40 bits per heavy atom. The third-order valence-electron chi connectivity index (χ3n) is 1.08. The third-order valence-corrected chi connectivity index (χ3v) is 1.67. The van der Waals surface area contributed by atoms with E-state index in [-0.39, 0.29) is 0 Å². The molecule has 0 rings (SSSR count). The second-order valence-corrected chi connectivity index (χ2v) is 2.96. The van der Waals surface area contributed by atoms with Gasteiger partial charge in [-0.05, 0) is 32.5 Å². The fraction of sp³-hybridized carbons (Fsp3) is 0.857. The Labute approximate surface area is 67.5 Å². The summed E-state index contributed by atoms with van der Waals surface area (Å²) < 4.78 is 0. The van der Waals surface area contributed by atoms with Crippen molar-refractivity contribution in [2.45, 2.75) is 6.42 Å². The van der Waals surface area contributed by atoms with Crippen LogP contribution < -0.4 is 5.32 Å². The average Bonchev–Trinajstić information content (AvgIpc) is 1.97. The zero-order chi connectivity index (χ0) is 7.66. The van der Waals surface area contributed by atoms with E-state index in [1.807, 2.05) is 25.0 Å². The number of thioether (sulfide) groups is 1. The van der Waals surface area contributed by atoms with Gasteiger partial charge < -0.3 is 5.32 Å². The molecule has 10 heavy (non-hydrogen) atoms. The predicted molar refractivity (Wildman–Crippen MR) is 50.3 cm³/mol. The van der Waals surface area contributed by atoms with E-state index < -0.39 is 0 Å². The summed E-state index contributed by atoms with van der Waals surface area (Å²) in [6.07, 6.45) is 5.14. The van der Waals surface area contributed by atoms with Crippen molar-refractivity contribution in [3.8, 4) is 0 Å². The van der Waals surface area contributed by atoms with Gasteiger partial charge in [0.25, 0.3) is 0 Å². The molecule has 3 heteroatoms. The molecule has 0 unspecified atom stereocenters. The normalized spacial score (nSPS) is 11.0. The first-order valence-electron chi connectivity index (χ1n) is 3.53. The van der Waals surface area contributed by atoms with Gasteiger partial charge in [0.15, 0.2) is 0 Å². The molecule has 0 heterocycles. The summed E-state index contributed by atoms with van der Waals surface area (Å²) in [6.45, 7) is 1.99. The first-order valence-corrected chi connectivity index (χ1v) is 4.93. The fourth-order valence-electron chi connectivity index (χ4n) is 0.535. The molecule has 0 aliphatic carbocycles. The lowest BCUT2D eigenvalue weighted by Gasteiger charge is -1.91. The van der Waals surface area contributed by atoms with Crippen LogP contribution in [0.3, 0.4) is 0 Å². The van der Waals surface area contributed by atoms with Gasteiger partial charge in [-0.2, -0.15) is 11.8 Å². The van der Waals surface area contributed by atoms with E-state index >= 15 is 0 Å². The van der Waals surface area contributed by atoms with Crippen molar-refractivity contribution in [1.82, 2.24) is 5.32 Å². The van der Waals surface area contributed by atoms with Gasteiger partial charge in [-0.15, -0.1) is 0 Å². The molecule has 0 aromatic carbocycles. The number of nitrogens with zero attached hydrogens (tertiary/aromatic N) is 1. The molecule has 2 nitrogen and oxygen atoms in total. The monoisotopic (exact) mass is 160 g/mol. The van der Waals surface area contributed by atoms with E-state index in [4.69, 9.17) is 0 Å². The molecule has 0 saturated carbocycles. The lowest BCUT2D eigenvalue weighted by molar-refractivity contribution is 0.828. The summed E-state index contributed by atoms with van der Waals surface area (Å²) in [5, 5.41) is 3.06. The predicted octanol–water partition coefficient (Wildman–Crippen LogP) is 1.03. The first kappa shape index (κ1) is 9.98. The molecule has 60 valence electrons. The number of aliphatic imine (C=N–C) groups is 1. The average molecular weight is 160 g/mol. The summed E-state index contributed by atoms with van der Waals surface area (Å²) in [5.74, 6) is 1.13. The van der Waals surface area contributed by atoms with Gasteiger partial charge >= 0.3 is 0 Å². The Hall–Kier alpha value is -0.0200. The standard InChI is InChI=1S/C7H16N2S/c1-8-4-3-5-9-6-7-10-2/h5,8H,3-4,6-7H2,1-2H3/b9-5+. The van der Waals surface area contributed by atoms with Crippen LogP contribution in [0.1, 0.15) is 6.42 Å². The Morgan fingerprint density at radius 1 is 1.60 bits per heavy atom. The largest absolute Gasteiger partial charge is 0.319 e. The molecule has 0 aliphatic rings. The molecule has 1 N–H and O–H groups in total. The van der Waals surface area contributed by atoms with Gasteiger partial charge in [0.05, 0.1) is 0 Å². The Bertz CT molecular complexity index is 73.7. The van der Waals surface area contributed by atoms with Crippen LogP contribution in [0.2, 0.25) is 0 Å². The number of hydrogen-bond donors (Lipinski definition) is 1. The van der Waals surface area contributed by atoms with E-state index in [0.717, 1.165) is 25.3 Å². The van der Waals surface area contributed by atoms with E-state index in [1.54, 1.807) is 0 Å². The zero-order valence-electron chi connectivity index (χ0n) is 6.76. The Morgan fingerprint density at radius 3 is 3.00 bits per heavy atom. The first-order chi connectivity index (χ1) is 4.91. The molecule has 0 atom stereocenters. The topological polar surface area (TPSA) is 24.4 Å². The molecular weight excluding hydrogens is 144 g/mol. The number of hydrogen-bond acceptors (Lipinski definition) is 3. The lowest BCUT2D eigenvalue weighted by atomic mass is 10.5. The molecule has 0 aromatic rings. The van der Waals surface area contributed by atoms with Gasteiger partial charge in [0.2, 0.25) is 0 Å². The highest BCUT2D eigenvalue weighted by Gasteiger charge is 1.78. The maximum Gasteiger partial charge on any atom is 0.0475 e. The van der Waals surface area contributed by atoms with Crippen molar-refractivity contribution >= 4 is 18.0 Å². The van der Waals surface area contributed by atoms with Gasteiger partial charge in [-0.3, -0.25) is 4.99 Å². The van der Waals surface area contributed by atoms with Crippen LogP contribution in [-0.2, 0) is 0 Å². The van der Waals surface area contributed by atoms with Gasteiger partial charge in [-0.25, -0.2) is 0 Å². The van der Waals surface area contributed by atoms with Crippen molar-refractivity contribution < 1.29 is 0 Å². The second-order valence-electron chi connectivity index (χ2n) is 1.97. The van der Waals surface area contributed by atoms with Crippen LogP contribution in [0.5, 0.6) is 0 Å². The van der Waals surface area contributed by atoms with Crippen LogP contribution in [0, 0.1) is 0 Å². The van der Waals surface area contributed by atoms with Crippen molar-refractivity contribution in [3.05, 3.63) is 0 Å². The lowest BCUT2D eigenvalue weighted by Crippen LogP contribution is -2.07. The summed E-state index contributed by atoms with van der Waals surface area (Å²) in [6, 6.07) is 0. The molecule has 0 fully saturated rings. The number of nitrogens with one attached hydrogen (secondary N) is 1. The molecule has 0 saturated heterocycles. The summed E-state index contributed by atoms with van der Waals surface area (Å²) in [7, 11) is 1.95. The maximum absolute atomic E-state index is 4.21. The van der Waals surface area contributed by atoms with Crippen LogP contribution in [0.4, 0.5) is 0 Å². The van der Waals surface area contributed by atoms with Crippen LogP contribution in [-0.4, -0.2) is 38.4 Å². The highest BCUT2D eigenvalue weighted by molar-refractivity contribution is 7.98. The SMILES string of the molecule is CNCC/C=N/CCSC. The fourth-order valence-corrected chi connectivity index (χ4v) is 0.823. The Balaban J connectivity index is 2.89. The van der Waals surface area contributed by atoms with Crippen molar-refractivity contribution in [1.29, 1.82) is 0 Å². The summed E-state index contributed by atoms with van der Waals surface area (Å²) >= 11 is 1.84. The van der Waals surface area contributed by atoms with Crippen molar-refractivity contribution in [3.63, 3.8) is 0 Å². The molecule has 0 aliphatic heterocycles. The van der Waals surface area contributed by atoms with Crippen molar-refractivity contribution in [2.75, 3.05) is 32.1 Å². The molecule has 0 radical (unpaired) electrons. The van der Waals surface area contributed by atoms with Gasteiger partial charge in [0.1, 0.15) is 0 Å². The minimum Gasteiger partial charge on any atom is -0.319 e. The van der Waals surface area contributed by atoms with E-state index in [0.29, 0.717) is 0 Å². The smallest absolute Gasteiger partial charge is 0.0475 e. The highest BCUT2D eigenvalue weighted by atomic mass is 32.2. The van der Waals surface area contributed by atoms with Crippen LogP contribution in [0.25, 0.3) is 0 Å². The molecular formula is C7H16N2S. The van der Waals surface area contributed by atoms with E-state index in [1.165, 1.54) is 0 Å². The minimum atomic E-state index is 0.963. The maximum atomic E-state index is 4.21. The third kappa shape index (κ3) is 7.98. The Kier molecular flexibility index (Phi) is 8.96. The van der Waals surface area contributed by atoms with Gasteiger partial charge in [0, 0.05) is 12.3 Å². The van der Waals surface area contributed by atoms with Crippen LogP contribution in [0.15, 0.2) is 4.99 Å². The number of rotatable bonds is 6. The molecule has 0 bridgehead atoms. The summed E-state index contributed by atoms with van der Waals surface area (Å²) in [4.78, 5) is 4.21. The van der Waals surface area contributed by atoms with Crippen LogP contribution >= 0.6 is 11.8 Å². The second kappa shape index (κ2) is 8.98. The van der Waals surface area contributed by atoms with E-state index in [9.17, 15) is 0 Å². The molecule has 0 amide bonds. The molecule has 0 aromatic heterocycles. The van der Waals surface area contributed by atoms with Crippen molar-refractivity contribution in [2.24, 2.45) is 4.99 Å². The van der Waals surface area contributed by atoms with Gasteiger partial charge in [-0.1, -0.05) is 0 Å².